The van der Waals surface area contributed by atoms with Gasteiger partial charge in [0.2, 0.25) is 0 Å². The Labute approximate surface area is 200 Å². The minimum Gasteiger partial charge on any atom is -0.417 e. The van der Waals surface area contributed by atoms with Crippen LogP contribution in [0.3, 0.4) is 0 Å². The lowest BCUT2D eigenvalue weighted by atomic mass is 9.44. The summed E-state index contributed by atoms with van der Waals surface area (Å²) in [6.45, 7) is 19.4. The van der Waals surface area contributed by atoms with Crippen molar-refractivity contribution >= 4 is 22.4 Å². The van der Waals surface area contributed by atoms with Crippen molar-refractivity contribution in [2.75, 3.05) is 6.61 Å². The van der Waals surface area contributed by atoms with Crippen LogP contribution in [0.15, 0.2) is 0 Å². The van der Waals surface area contributed by atoms with E-state index in [9.17, 15) is 4.79 Å². The Morgan fingerprint density at radius 1 is 0.875 bits per heavy atom. The fourth-order valence-electron chi connectivity index (χ4n) is 8.92. The van der Waals surface area contributed by atoms with Gasteiger partial charge in [-0.1, -0.05) is 6.92 Å². The lowest BCUT2D eigenvalue weighted by Crippen LogP contribution is -2.58. The summed E-state index contributed by atoms with van der Waals surface area (Å²) >= 11 is 0. The molecule has 0 N–H and O–H groups in total. The van der Waals surface area contributed by atoms with Crippen molar-refractivity contribution in [2.45, 2.75) is 117 Å². The van der Waals surface area contributed by atoms with E-state index >= 15 is 0 Å². The zero-order valence-electron chi connectivity index (χ0n) is 22.3. The van der Waals surface area contributed by atoms with Gasteiger partial charge in [0.05, 0.1) is 0 Å². The number of carbonyl (C=O) groups excluding carboxylic acids is 1. The molecule has 32 heavy (non-hydrogen) atoms. The molecule has 0 bridgehead atoms. The van der Waals surface area contributed by atoms with Gasteiger partial charge in [-0.25, -0.2) is 0 Å². The first-order valence-corrected chi connectivity index (χ1v) is 20.4. The highest BCUT2D eigenvalue weighted by molar-refractivity contribution is 6.70. The molecule has 0 aromatic carbocycles. The van der Waals surface area contributed by atoms with Crippen LogP contribution in [0.4, 0.5) is 0 Å². The van der Waals surface area contributed by atoms with Crippen LogP contribution in [0.2, 0.25) is 39.3 Å². The second-order valence-corrected chi connectivity index (χ2v) is 23.2. The largest absolute Gasteiger partial charge is 0.417 e. The average molecular weight is 479 g/mol. The summed E-state index contributed by atoms with van der Waals surface area (Å²) in [7, 11) is -3.08. The molecular weight excluding hydrogens is 428 g/mol. The monoisotopic (exact) mass is 478 g/mol. The maximum Gasteiger partial charge on any atom is 0.184 e. The van der Waals surface area contributed by atoms with E-state index in [0.717, 1.165) is 36.7 Å². The van der Waals surface area contributed by atoms with Gasteiger partial charge in [0.1, 0.15) is 5.78 Å². The van der Waals surface area contributed by atoms with E-state index in [1.165, 1.54) is 51.4 Å². The first kappa shape index (κ1) is 25.1. The van der Waals surface area contributed by atoms with Crippen molar-refractivity contribution in [1.82, 2.24) is 0 Å². The van der Waals surface area contributed by atoms with Crippen LogP contribution in [-0.4, -0.2) is 35.1 Å². The van der Waals surface area contributed by atoms with Gasteiger partial charge >= 0.3 is 0 Å². The zero-order chi connectivity index (χ0) is 23.5. The molecule has 4 rings (SSSR count). The number of hydrogen-bond donors (Lipinski definition) is 0. The van der Waals surface area contributed by atoms with E-state index in [2.05, 4.69) is 46.2 Å². The molecular formula is C27H50O3Si2. The summed E-state index contributed by atoms with van der Waals surface area (Å²) < 4.78 is 13.4. The maximum absolute atomic E-state index is 12.5. The van der Waals surface area contributed by atoms with Gasteiger partial charge in [0, 0.05) is 18.6 Å². The van der Waals surface area contributed by atoms with E-state index in [0.29, 0.717) is 23.2 Å². The molecule has 0 spiro atoms. The molecule has 0 saturated heterocycles. The minimum atomic E-state index is -1.57. The van der Waals surface area contributed by atoms with Crippen molar-refractivity contribution < 1.29 is 13.6 Å². The van der Waals surface area contributed by atoms with Gasteiger partial charge < -0.3 is 8.85 Å². The molecule has 0 aromatic heterocycles. The summed E-state index contributed by atoms with van der Waals surface area (Å²) in [5, 5.41) is 0. The Hall–Kier alpha value is 0.0238. The molecule has 3 nitrogen and oxygen atoms in total. The first-order valence-electron chi connectivity index (χ1n) is 13.6. The highest BCUT2D eigenvalue weighted by atomic mass is 28.4. The number of rotatable bonds is 6. The maximum atomic E-state index is 12.5. The minimum absolute atomic E-state index is 0.249. The van der Waals surface area contributed by atoms with Gasteiger partial charge in [-0.05, 0) is 138 Å². The third kappa shape index (κ3) is 4.62. The molecule has 0 aliphatic heterocycles. The normalized spacial score (nSPS) is 44.5. The van der Waals surface area contributed by atoms with Crippen LogP contribution in [0, 0.1) is 40.4 Å². The lowest BCUT2D eigenvalue weighted by molar-refractivity contribution is -0.153. The Morgan fingerprint density at radius 3 is 2.22 bits per heavy atom. The summed E-state index contributed by atoms with van der Waals surface area (Å²) in [5.41, 5.74) is 0.594. The fourth-order valence-corrected chi connectivity index (χ4v) is 10.8. The van der Waals surface area contributed by atoms with Gasteiger partial charge in [-0.15, -0.1) is 0 Å². The molecule has 4 aliphatic rings. The van der Waals surface area contributed by atoms with E-state index in [4.69, 9.17) is 8.85 Å². The number of fused-ring (bicyclic) bond motifs is 5. The predicted octanol–water partition coefficient (Wildman–Crippen LogP) is 7.29. The molecule has 0 aromatic rings. The second-order valence-electron chi connectivity index (χ2n) is 14.2. The number of hydrogen-bond acceptors (Lipinski definition) is 3. The van der Waals surface area contributed by atoms with E-state index in [1.807, 2.05) is 6.92 Å². The summed E-state index contributed by atoms with van der Waals surface area (Å²) in [5.74, 6) is 3.84. The van der Waals surface area contributed by atoms with E-state index < -0.39 is 16.6 Å². The molecule has 4 fully saturated rings. The van der Waals surface area contributed by atoms with E-state index in [1.54, 1.807) is 0 Å². The van der Waals surface area contributed by atoms with Crippen molar-refractivity contribution in [1.29, 1.82) is 0 Å². The molecule has 4 saturated carbocycles. The van der Waals surface area contributed by atoms with Crippen molar-refractivity contribution in [2.24, 2.45) is 40.4 Å². The lowest BCUT2D eigenvalue weighted by Gasteiger charge is -2.62. The van der Waals surface area contributed by atoms with Crippen LogP contribution >= 0.6 is 0 Å². The molecule has 0 heterocycles. The topological polar surface area (TPSA) is 35.5 Å². The number of carbonyl (C=O) groups is 1. The van der Waals surface area contributed by atoms with Crippen LogP contribution in [0.1, 0.15) is 71.6 Å². The summed E-state index contributed by atoms with van der Waals surface area (Å²) in [6, 6.07) is 0. The Bertz CT molecular complexity index is 711. The fraction of sp³-hybridized carbons (Fsp3) is 0.963. The van der Waals surface area contributed by atoms with Crippen molar-refractivity contribution in [3.8, 4) is 0 Å². The zero-order valence-corrected chi connectivity index (χ0v) is 24.3. The quantitative estimate of drug-likeness (QED) is 0.376. The Morgan fingerprint density at radius 2 is 1.59 bits per heavy atom. The molecule has 4 aliphatic carbocycles. The SMILES string of the molecule is CC(=O)C1CCC2C3CCC4CC(O[Si](C)(C)C)CCC4(CO[Si](C)(C)C)C3CCC12C. The van der Waals surface area contributed by atoms with Crippen molar-refractivity contribution in [3.05, 3.63) is 0 Å². The van der Waals surface area contributed by atoms with Gasteiger partial charge in [0.15, 0.2) is 16.6 Å². The average Bonchev–Trinajstić information content (AvgIpc) is 3.02. The van der Waals surface area contributed by atoms with Gasteiger partial charge in [0.25, 0.3) is 0 Å². The highest BCUT2D eigenvalue weighted by Gasteiger charge is 2.62. The molecule has 184 valence electrons. The molecule has 0 amide bonds. The predicted molar refractivity (Wildman–Crippen MR) is 138 cm³/mol. The highest BCUT2D eigenvalue weighted by Crippen LogP contribution is 2.67. The third-order valence-electron chi connectivity index (χ3n) is 10.1. The van der Waals surface area contributed by atoms with Crippen molar-refractivity contribution in [3.63, 3.8) is 0 Å². The molecule has 8 unspecified atom stereocenters. The summed E-state index contributed by atoms with van der Waals surface area (Å²) in [6.07, 6.45) is 11.9. The van der Waals surface area contributed by atoms with Crippen LogP contribution in [-0.2, 0) is 13.6 Å². The molecule has 5 heteroatoms. The smallest absolute Gasteiger partial charge is 0.184 e. The molecule has 0 radical (unpaired) electrons. The van der Waals surface area contributed by atoms with Crippen LogP contribution in [0.5, 0.6) is 0 Å². The van der Waals surface area contributed by atoms with Crippen LogP contribution in [0.25, 0.3) is 0 Å². The Kier molecular flexibility index (Phi) is 6.75. The number of Topliss-reactive ketones (excluding diaryl/α,β-unsaturated/α-hetero) is 1. The standard InChI is InChI=1S/C27H50O3Si2/c1-19(28)23-11-12-24-22-10-9-20-17-21(30-32(6,7)8)13-16-27(20,18-29-31(3,4)5)25(22)14-15-26(23,24)2/h20-25H,9-18H2,1-8H3. The van der Waals surface area contributed by atoms with Gasteiger partial charge in [-0.2, -0.15) is 0 Å². The summed E-state index contributed by atoms with van der Waals surface area (Å²) in [4.78, 5) is 12.5. The van der Waals surface area contributed by atoms with Crippen LogP contribution < -0.4 is 0 Å². The third-order valence-corrected chi connectivity index (χ3v) is 12.2. The first-order chi connectivity index (χ1) is 14.8. The number of ketones is 1. The molecule has 8 atom stereocenters. The second kappa shape index (κ2) is 8.60. The Balaban J connectivity index is 1.60. The van der Waals surface area contributed by atoms with Gasteiger partial charge in [-0.3, -0.25) is 4.79 Å². The van der Waals surface area contributed by atoms with E-state index in [-0.39, 0.29) is 5.41 Å².